The van der Waals surface area contributed by atoms with Crippen LogP contribution < -0.4 is 5.32 Å². The van der Waals surface area contributed by atoms with E-state index in [0.717, 1.165) is 6.04 Å². The maximum absolute atomic E-state index is 3.67. The van der Waals surface area contributed by atoms with Crippen LogP contribution >= 0.6 is 0 Å². The maximum Gasteiger partial charge on any atom is 0.0337 e. The Balaban J connectivity index is 2.09. The zero-order valence-corrected chi connectivity index (χ0v) is 12.5. The van der Waals surface area contributed by atoms with Gasteiger partial charge in [-0.25, -0.2) is 0 Å². The lowest BCUT2D eigenvalue weighted by atomic mass is 9.77. The quantitative estimate of drug-likeness (QED) is 0.805. The predicted molar refractivity (Wildman–Crippen MR) is 79.0 cm³/mol. The smallest absolute Gasteiger partial charge is 0.0337 e. The Kier molecular flexibility index (Phi) is 5.50. The molecule has 0 unspecified atom stereocenters. The first-order chi connectivity index (χ1) is 8.82. The van der Waals surface area contributed by atoms with E-state index in [9.17, 15) is 0 Å². The van der Waals surface area contributed by atoms with Crippen LogP contribution in [0.2, 0.25) is 0 Å². The molecule has 2 rings (SSSR count). The van der Waals surface area contributed by atoms with Gasteiger partial charge < -0.3 is 5.32 Å². The molecule has 0 amide bonds. The highest BCUT2D eigenvalue weighted by Crippen LogP contribution is 2.37. The molecule has 1 aliphatic carbocycles. The molecule has 2 heteroatoms. The van der Waals surface area contributed by atoms with Gasteiger partial charge in [0.15, 0.2) is 0 Å². The molecule has 0 aromatic carbocycles. The van der Waals surface area contributed by atoms with Crippen molar-refractivity contribution >= 4 is 0 Å². The fourth-order valence-corrected chi connectivity index (χ4v) is 4.23. The van der Waals surface area contributed by atoms with Gasteiger partial charge in [-0.3, -0.25) is 4.90 Å². The lowest BCUT2D eigenvalue weighted by Crippen LogP contribution is -2.64. The van der Waals surface area contributed by atoms with E-state index in [0.29, 0.717) is 5.54 Å². The summed E-state index contributed by atoms with van der Waals surface area (Å²) < 4.78 is 0. The zero-order chi connectivity index (χ0) is 12.8. The van der Waals surface area contributed by atoms with Crippen LogP contribution in [0.4, 0.5) is 0 Å². The van der Waals surface area contributed by atoms with E-state index in [-0.39, 0.29) is 0 Å². The minimum atomic E-state index is 0.519. The molecule has 1 heterocycles. The molecule has 0 bridgehead atoms. The number of nitrogens with one attached hydrogen (secondary N) is 1. The van der Waals surface area contributed by atoms with Crippen molar-refractivity contribution in [3.8, 4) is 0 Å². The summed E-state index contributed by atoms with van der Waals surface area (Å²) in [4.78, 5) is 2.93. The second-order valence-corrected chi connectivity index (χ2v) is 6.39. The van der Waals surface area contributed by atoms with Crippen LogP contribution in [-0.2, 0) is 0 Å². The van der Waals surface area contributed by atoms with Crippen molar-refractivity contribution in [3.63, 3.8) is 0 Å². The third-order valence-corrected chi connectivity index (χ3v) is 5.06. The minimum absolute atomic E-state index is 0.519. The van der Waals surface area contributed by atoms with Crippen LogP contribution in [0.15, 0.2) is 0 Å². The van der Waals surface area contributed by atoms with Gasteiger partial charge in [-0.1, -0.05) is 46.0 Å². The highest BCUT2D eigenvalue weighted by atomic mass is 15.3. The van der Waals surface area contributed by atoms with Crippen LogP contribution in [0.3, 0.4) is 0 Å². The van der Waals surface area contributed by atoms with E-state index < -0.39 is 0 Å². The van der Waals surface area contributed by atoms with Gasteiger partial charge in [0.1, 0.15) is 0 Å². The standard InChI is InChI=1S/C16H32N2/c1-3-8-15(9-4-2)18-13-12-17-14-16(18)10-6-5-7-11-16/h15,17H,3-14H2,1-2H3. The van der Waals surface area contributed by atoms with Crippen LogP contribution in [0.5, 0.6) is 0 Å². The number of hydrogen-bond donors (Lipinski definition) is 1. The van der Waals surface area contributed by atoms with Gasteiger partial charge in [0.25, 0.3) is 0 Å². The molecule has 1 aliphatic heterocycles. The van der Waals surface area contributed by atoms with Crippen LogP contribution in [0.1, 0.15) is 71.6 Å². The molecule has 2 fully saturated rings. The highest BCUT2D eigenvalue weighted by Gasteiger charge is 2.42. The summed E-state index contributed by atoms with van der Waals surface area (Å²) in [7, 11) is 0. The van der Waals surface area contributed by atoms with Gasteiger partial charge in [-0.05, 0) is 25.7 Å². The lowest BCUT2D eigenvalue weighted by Gasteiger charge is -2.53. The number of rotatable bonds is 5. The summed E-state index contributed by atoms with van der Waals surface area (Å²) in [6.07, 6.45) is 12.7. The molecule has 1 saturated carbocycles. The van der Waals surface area contributed by atoms with Crippen molar-refractivity contribution in [1.82, 2.24) is 10.2 Å². The molecule has 18 heavy (non-hydrogen) atoms. The Morgan fingerprint density at radius 2 is 1.72 bits per heavy atom. The van der Waals surface area contributed by atoms with E-state index >= 15 is 0 Å². The highest BCUT2D eigenvalue weighted by molar-refractivity contribution is 5.00. The minimum Gasteiger partial charge on any atom is -0.314 e. The number of piperazine rings is 1. The van der Waals surface area contributed by atoms with E-state index in [1.807, 2.05) is 0 Å². The van der Waals surface area contributed by atoms with Crippen LogP contribution in [0, 0.1) is 0 Å². The largest absolute Gasteiger partial charge is 0.314 e. The Morgan fingerprint density at radius 3 is 2.33 bits per heavy atom. The average molecular weight is 252 g/mol. The molecule has 1 N–H and O–H groups in total. The first-order valence-corrected chi connectivity index (χ1v) is 8.30. The lowest BCUT2D eigenvalue weighted by molar-refractivity contribution is -0.0131. The van der Waals surface area contributed by atoms with Crippen molar-refractivity contribution in [2.24, 2.45) is 0 Å². The summed E-state index contributed by atoms with van der Waals surface area (Å²) in [6, 6.07) is 0.847. The summed E-state index contributed by atoms with van der Waals surface area (Å²) >= 11 is 0. The van der Waals surface area contributed by atoms with E-state index in [1.54, 1.807) is 0 Å². The van der Waals surface area contributed by atoms with Crippen molar-refractivity contribution in [3.05, 3.63) is 0 Å². The fraction of sp³-hybridized carbons (Fsp3) is 1.00. The Labute approximate surface area is 114 Å². The molecule has 2 aliphatic rings. The molecule has 0 atom stereocenters. The molecule has 0 aromatic heterocycles. The summed E-state index contributed by atoms with van der Waals surface area (Å²) in [5.74, 6) is 0. The third kappa shape index (κ3) is 3.08. The summed E-state index contributed by atoms with van der Waals surface area (Å²) in [6.45, 7) is 8.42. The molecule has 2 nitrogen and oxygen atoms in total. The number of nitrogens with zero attached hydrogens (tertiary/aromatic N) is 1. The van der Waals surface area contributed by atoms with Crippen LogP contribution in [-0.4, -0.2) is 36.1 Å². The molecular formula is C16H32N2. The Bertz CT molecular complexity index is 219. The molecule has 0 radical (unpaired) electrons. The maximum atomic E-state index is 3.67. The molecule has 106 valence electrons. The normalized spacial score (nSPS) is 24.8. The Morgan fingerprint density at radius 1 is 1.06 bits per heavy atom. The fourth-order valence-electron chi connectivity index (χ4n) is 4.23. The SMILES string of the molecule is CCCC(CCC)N1CCNCC12CCCCC2. The third-order valence-electron chi connectivity index (χ3n) is 5.06. The second kappa shape index (κ2) is 6.91. The first-order valence-electron chi connectivity index (χ1n) is 8.30. The summed E-state index contributed by atoms with van der Waals surface area (Å²) in [5.41, 5.74) is 0.519. The molecule has 1 saturated heterocycles. The van der Waals surface area contributed by atoms with Crippen molar-refractivity contribution in [2.75, 3.05) is 19.6 Å². The second-order valence-electron chi connectivity index (χ2n) is 6.39. The Hall–Kier alpha value is -0.0800. The van der Waals surface area contributed by atoms with Gasteiger partial charge >= 0.3 is 0 Å². The van der Waals surface area contributed by atoms with E-state index in [2.05, 4.69) is 24.1 Å². The van der Waals surface area contributed by atoms with Gasteiger partial charge in [0, 0.05) is 31.2 Å². The van der Waals surface area contributed by atoms with E-state index in [1.165, 1.54) is 77.4 Å². The molecule has 0 aromatic rings. The van der Waals surface area contributed by atoms with Gasteiger partial charge in [0.2, 0.25) is 0 Å². The van der Waals surface area contributed by atoms with Crippen LogP contribution in [0.25, 0.3) is 0 Å². The topological polar surface area (TPSA) is 15.3 Å². The monoisotopic (exact) mass is 252 g/mol. The summed E-state index contributed by atoms with van der Waals surface area (Å²) in [5, 5.41) is 3.67. The van der Waals surface area contributed by atoms with Gasteiger partial charge in [-0.15, -0.1) is 0 Å². The van der Waals surface area contributed by atoms with Gasteiger partial charge in [0.05, 0.1) is 0 Å². The zero-order valence-electron chi connectivity index (χ0n) is 12.5. The first kappa shape index (κ1) is 14.3. The van der Waals surface area contributed by atoms with Crippen molar-refractivity contribution in [1.29, 1.82) is 0 Å². The van der Waals surface area contributed by atoms with Crippen molar-refractivity contribution < 1.29 is 0 Å². The average Bonchev–Trinajstić information content (AvgIpc) is 2.40. The van der Waals surface area contributed by atoms with E-state index in [4.69, 9.17) is 0 Å². The molecule has 1 spiro atoms. The van der Waals surface area contributed by atoms with Gasteiger partial charge in [-0.2, -0.15) is 0 Å². The van der Waals surface area contributed by atoms with Crippen molar-refractivity contribution in [2.45, 2.75) is 83.2 Å². The number of hydrogen-bond acceptors (Lipinski definition) is 2. The predicted octanol–water partition coefficient (Wildman–Crippen LogP) is 3.56. The molecular weight excluding hydrogens is 220 g/mol.